The molecular weight excluding hydrogens is 4360 g/mol. The smallest absolute Gasteiger partial charge is 0.412 e. The fraction of sp³-hybridized carbons (Fsp3) is 0. The van der Waals surface area contributed by atoms with Gasteiger partial charge in [-0.25, -0.2) is 0 Å². The molecule has 0 amide bonds. The average Bonchev–Trinajstić information content (AvgIpc) is 1.12. The summed E-state index contributed by atoms with van der Waals surface area (Å²) in [5.41, 5.74) is 0. The van der Waals surface area contributed by atoms with Crippen molar-refractivity contribution in [3.63, 3.8) is 0 Å². The van der Waals surface area contributed by atoms with Crippen molar-refractivity contribution in [3.8, 4) is 0 Å². The molecule has 82 heavy (non-hydrogen) atoms. The minimum Gasteiger partial charge on any atom is -0.412 e. The molecule has 0 saturated heterocycles. The normalized spacial score (nSPS) is 1.46. The molecular formula is H116O62P2W18+2. The van der Waals surface area contributed by atoms with E-state index in [4.69, 9.17) is 39.1 Å². The summed E-state index contributed by atoms with van der Waals surface area (Å²) in [7, 11) is -8.78. The van der Waals surface area contributed by atoms with Crippen LogP contribution in [0.5, 0.6) is 0 Å². The van der Waals surface area contributed by atoms with Crippen LogP contribution >= 0.6 is 16.3 Å². The van der Waals surface area contributed by atoms with Gasteiger partial charge in [-0.05, 0) is 0 Å². The van der Waals surface area contributed by atoms with Crippen molar-refractivity contribution in [2.45, 2.75) is 0 Å². The summed E-state index contributed by atoms with van der Waals surface area (Å²) in [5, 5.41) is 0. The molecule has 0 aromatic heterocycles. The van der Waals surface area contributed by atoms with Gasteiger partial charge in [-0.2, -0.15) is 39.1 Å². The van der Waals surface area contributed by atoms with Crippen molar-refractivity contribution in [1.82, 2.24) is 0 Å². The standard InChI is InChI=1S/2H4O4P.54H2O.18W/c2*1-5(2,3)4;;;;;;;;;;;;;;;;;;;;;;;;;;;;;;;;;;;;;;;;;;;;;;;;;;;;;;;;;;;;;;;;;;;;;;;;/h2*1-4H;54*1H2;;;;;;;;;;;;;;;;;;/q2*+1;;;;;;;;;;;;;;;;;;;;;;;;;;;;;;;;;;;;;;;;;;;;;;;;;;;;;;;;;;;;;;;;;;;;;;;;. The van der Waals surface area contributed by atoms with E-state index in [9.17, 15) is 0 Å². The molecule has 0 saturated carbocycles. The van der Waals surface area contributed by atoms with E-state index in [-0.39, 0.29) is 675 Å². The Morgan fingerprint density at radius 1 is 0.0732 bits per heavy atom. The molecule has 116 N–H and O–H groups in total. The Morgan fingerprint density at radius 2 is 0.0732 bits per heavy atom. The first-order valence-electron chi connectivity index (χ1n) is 1.60. The molecule has 0 atom stereocenters. The zero-order valence-corrected chi connectivity index (χ0v) is 93.4. The molecule has 604 valence electrons. The van der Waals surface area contributed by atoms with E-state index in [1.54, 1.807) is 0 Å². The van der Waals surface area contributed by atoms with Crippen LogP contribution in [0.2, 0.25) is 0 Å². The molecule has 0 bridgehead atoms. The molecule has 62 nitrogen and oxygen atoms in total. The van der Waals surface area contributed by atoms with E-state index < -0.39 is 16.3 Å². The van der Waals surface area contributed by atoms with Gasteiger partial charge in [-0.3, -0.25) is 0 Å². The van der Waals surface area contributed by atoms with Gasteiger partial charge >= 0.3 is 16.3 Å². The van der Waals surface area contributed by atoms with Crippen LogP contribution in [-0.2, 0) is 379 Å². The Labute approximate surface area is 720 Å². The summed E-state index contributed by atoms with van der Waals surface area (Å²) >= 11 is 0. The molecule has 0 unspecified atom stereocenters. The molecule has 0 aliphatic carbocycles. The van der Waals surface area contributed by atoms with Crippen LogP contribution in [0.1, 0.15) is 0 Å². The third kappa shape index (κ3) is 6310. The van der Waals surface area contributed by atoms with Crippen LogP contribution in [0.25, 0.3) is 0 Å². The van der Waals surface area contributed by atoms with Crippen molar-refractivity contribution < 1.29 is 714 Å². The second-order valence-corrected chi connectivity index (χ2v) is 3.22. The largest absolute Gasteiger partial charge is 0.564 e. The first-order chi connectivity index (χ1) is 4.00. The van der Waals surface area contributed by atoms with Gasteiger partial charge in [-0.1, -0.05) is 0 Å². The van der Waals surface area contributed by atoms with Crippen LogP contribution in [0, 0.1) is 0 Å². The summed E-state index contributed by atoms with van der Waals surface area (Å²) < 4.78 is 0. The summed E-state index contributed by atoms with van der Waals surface area (Å²) in [6.07, 6.45) is 0. The minimum absolute atomic E-state index is 0. The molecule has 0 heterocycles. The van der Waals surface area contributed by atoms with Gasteiger partial charge in [0.05, 0.1) is 0 Å². The molecule has 82 heteroatoms. The fourth-order valence-corrected chi connectivity index (χ4v) is 0. The average molecular weight is 4480 g/mol. The van der Waals surface area contributed by atoms with Crippen LogP contribution in [-0.4, -0.2) is 335 Å². The van der Waals surface area contributed by atoms with Crippen molar-refractivity contribution in [1.29, 1.82) is 0 Å². The molecule has 0 aromatic rings. The van der Waals surface area contributed by atoms with E-state index in [2.05, 4.69) is 0 Å². The Balaban J connectivity index is -0.000000000115. The second-order valence-electron chi connectivity index (χ2n) is 1.07. The third-order valence-corrected chi connectivity index (χ3v) is 0. The topological polar surface area (TPSA) is 1860 Å². The third-order valence-electron chi connectivity index (χ3n) is 0. The molecule has 0 spiro atoms. The van der Waals surface area contributed by atoms with Gasteiger partial charge < -0.3 is 296 Å². The summed E-state index contributed by atoms with van der Waals surface area (Å²) in [5.74, 6) is 0. The molecule has 0 radical (unpaired) electrons. The second kappa shape index (κ2) is 1460. The van der Waals surface area contributed by atoms with Crippen LogP contribution < -0.4 is 0 Å². The monoisotopic (exact) mass is 4480 g/mol. The van der Waals surface area contributed by atoms with E-state index in [0.717, 1.165) is 0 Å². The first-order valence-corrected chi connectivity index (χ1v) is 4.80. The summed E-state index contributed by atoms with van der Waals surface area (Å²) in [6, 6.07) is 0. The maximum Gasteiger partial charge on any atom is 0.564 e. The van der Waals surface area contributed by atoms with E-state index in [1.807, 2.05) is 0 Å². The van der Waals surface area contributed by atoms with Gasteiger partial charge in [0.1, 0.15) is 0 Å². The van der Waals surface area contributed by atoms with E-state index in [0.29, 0.717) is 0 Å². The van der Waals surface area contributed by atoms with Gasteiger partial charge in [0.2, 0.25) is 0 Å². The predicted molar refractivity (Wildman–Crippen MR) is 227 cm³/mol. The maximum atomic E-state index is 7.30. The zero-order valence-electron chi connectivity index (χ0n) is 38.8. The minimum atomic E-state index is -4.39. The van der Waals surface area contributed by atoms with Gasteiger partial charge in [-0.15, -0.1) is 0 Å². The van der Waals surface area contributed by atoms with E-state index in [1.165, 1.54) is 0 Å². The maximum absolute atomic E-state index is 7.30. The van der Waals surface area contributed by atoms with Gasteiger partial charge in [0.15, 0.2) is 0 Å². The molecule has 0 rings (SSSR count). The Hall–Kier alpha value is 10.8. The van der Waals surface area contributed by atoms with Gasteiger partial charge in [0, 0.05) is 379 Å². The Bertz CT molecular complexity index is 118. The van der Waals surface area contributed by atoms with Gasteiger partial charge in [0.25, 0.3) is 0 Å². The van der Waals surface area contributed by atoms with Crippen molar-refractivity contribution in [2.24, 2.45) is 0 Å². The number of hydrogen-bond acceptors (Lipinski definition) is 8. The Morgan fingerprint density at radius 3 is 0.0732 bits per heavy atom. The molecule has 0 fully saturated rings. The summed E-state index contributed by atoms with van der Waals surface area (Å²) in [6.45, 7) is 0. The first kappa shape index (κ1) is 2220. The SMILES string of the molecule is O.O.O.O.O.O.O.O.O.O.O.O.O.O.O.O.O.O.O.O.O.O.O.O.O.O.O.O.O.O.O.O.O.O.O.O.O.O.O.O.O.O.O.O.O.O.O.O.O.O.O.O.O.O.O[P+](O)(O)O.O[P+](O)(O)O.[W].[W].[W].[W].[W].[W].[W].[W].[W].[W].[W].[W].[W].[W].[W].[W].[W].[W]. The number of rotatable bonds is 0. The predicted octanol–water partition coefficient (Wildman–Crippen LogP) is -47.3. The molecule has 0 aromatic carbocycles. The van der Waals surface area contributed by atoms with Crippen LogP contribution in [0.3, 0.4) is 0 Å². The van der Waals surface area contributed by atoms with Crippen LogP contribution in [0.15, 0.2) is 0 Å². The quantitative estimate of drug-likeness (QED) is 0.107. The molecule has 0 aliphatic heterocycles. The molecule has 0 aliphatic rings. The number of hydrogen-bond donors (Lipinski definition) is 8. The van der Waals surface area contributed by atoms with Crippen molar-refractivity contribution >= 4 is 16.3 Å². The Kier molecular flexibility index (Phi) is 39400. The fourth-order valence-electron chi connectivity index (χ4n) is 0. The van der Waals surface area contributed by atoms with Crippen molar-refractivity contribution in [2.75, 3.05) is 0 Å². The van der Waals surface area contributed by atoms with E-state index >= 15 is 0 Å². The van der Waals surface area contributed by atoms with Crippen LogP contribution in [0.4, 0.5) is 0 Å². The zero-order chi connectivity index (χ0) is 9.00. The van der Waals surface area contributed by atoms with Crippen molar-refractivity contribution in [3.05, 3.63) is 0 Å². The summed E-state index contributed by atoms with van der Waals surface area (Å²) in [4.78, 5) is 58.4.